The highest BCUT2D eigenvalue weighted by Crippen LogP contribution is 2.33. The average molecular weight is 641 g/mol. The molecular weight excluding hydrogens is 584 g/mol. The van der Waals surface area contributed by atoms with E-state index in [9.17, 15) is 9.59 Å². The van der Waals surface area contributed by atoms with E-state index in [1.807, 2.05) is 0 Å². The quantitative estimate of drug-likeness (QED) is 0.0917. The summed E-state index contributed by atoms with van der Waals surface area (Å²) in [5.41, 5.74) is 9.03. The minimum absolute atomic E-state index is 0.276. The van der Waals surface area contributed by atoms with Gasteiger partial charge >= 0.3 is 0 Å². The predicted molar refractivity (Wildman–Crippen MR) is 179 cm³/mol. The van der Waals surface area contributed by atoms with E-state index in [-0.39, 0.29) is 11.8 Å². The van der Waals surface area contributed by atoms with Gasteiger partial charge in [0.05, 0.1) is 14.2 Å². The van der Waals surface area contributed by atoms with Crippen LogP contribution in [-0.2, 0) is 35.5 Å². The van der Waals surface area contributed by atoms with Crippen molar-refractivity contribution >= 4 is 11.8 Å². The highest BCUT2D eigenvalue weighted by Gasteiger charge is 2.19. The molecule has 0 saturated heterocycles. The lowest BCUT2D eigenvalue weighted by Crippen LogP contribution is -2.31. The summed E-state index contributed by atoms with van der Waals surface area (Å²) < 4.78 is 10.8. The van der Waals surface area contributed by atoms with E-state index in [1.165, 1.54) is 73.9 Å². The molecule has 0 bridgehead atoms. The van der Waals surface area contributed by atoms with Gasteiger partial charge in [0.15, 0.2) is 11.5 Å². The number of carbonyl (C=O) groups is 2. The molecule has 0 aromatic heterocycles. The van der Waals surface area contributed by atoms with E-state index in [0.29, 0.717) is 12.8 Å². The summed E-state index contributed by atoms with van der Waals surface area (Å²) in [6, 6.07) is 13.0. The van der Waals surface area contributed by atoms with Gasteiger partial charge < -0.3 is 9.47 Å². The highest BCUT2D eigenvalue weighted by molar-refractivity contribution is 5.74. The second-order valence-corrected chi connectivity index (χ2v) is 12.4. The molecule has 4 N–H and O–H groups in total. The third-order valence-corrected chi connectivity index (χ3v) is 9.01. The number of unbranched alkanes of at least 4 members (excludes halogenated alkanes) is 8. The van der Waals surface area contributed by atoms with Crippen molar-refractivity contribution in [1.29, 1.82) is 0 Å². The lowest BCUT2D eigenvalue weighted by Gasteiger charge is -2.29. The zero-order chi connectivity index (χ0) is 33.0. The zero-order valence-electron chi connectivity index (χ0n) is 28.0. The van der Waals surface area contributed by atoms with Gasteiger partial charge in [-0.05, 0) is 86.0 Å². The summed E-state index contributed by atoms with van der Waals surface area (Å²) in [5.74, 6) is 1.04. The normalized spacial score (nSPS) is 14.3. The topological polar surface area (TPSA) is 124 Å². The van der Waals surface area contributed by atoms with Crippen LogP contribution in [0.2, 0.25) is 0 Å². The van der Waals surface area contributed by atoms with E-state index in [0.717, 1.165) is 76.2 Å². The molecule has 0 saturated carbocycles. The Morgan fingerprint density at radius 3 is 1.59 bits per heavy atom. The van der Waals surface area contributed by atoms with Crippen molar-refractivity contribution in [2.75, 3.05) is 40.4 Å². The molecule has 0 unspecified atom stereocenters. The van der Waals surface area contributed by atoms with Gasteiger partial charge in [0.2, 0.25) is 11.8 Å². The Kier molecular flexibility index (Phi) is 17.5. The molecule has 2 heterocycles. The molecule has 2 amide bonds. The minimum Gasteiger partial charge on any atom is -0.493 e. The summed E-state index contributed by atoms with van der Waals surface area (Å²) in [6.07, 6.45) is 14.0. The summed E-state index contributed by atoms with van der Waals surface area (Å²) in [7, 11) is 3.35. The molecule has 10 nitrogen and oxygen atoms in total. The van der Waals surface area contributed by atoms with Crippen LogP contribution in [0.5, 0.6) is 11.5 Å². The Hall–Kier alpha value is -3.18. The summed E-state index contributed by atoms with van der Waals surface area (Å²) >= 11 is 0. The molecule has 4 rings (SSSR count). The maximum atomic E-state index is 10.9. The molecule has 0 fully saturated rings. The summed E-state index contributed by atoms with van der Waals surface area (Å²) in [5, 5.41) is 16.8. The van der Waals surface area contributed by atoms with Crippen LogP contribution in [0.4, 0.5) is 0 Å². The van der Waals surface area contributed by atoms with Gasteiger partial charge in [0.25, 0.3) is 0 Å². The molecule has 2 aromatic carbocycles. The van der Waals surface area contributed by atoms with Gasteiger partial charge in [-0.1, -0.05) is 62.8 Å². The van der Waals surface area contributed by atoms with E-state index >= 15 is 0 Å². The Balaban J connectivity index is 0.000000254. The third kappa shape index (κ3) is 13.3. The van der Waals surface area contributed by atoms with Crippen LogP contribution in [0, 0.1) is 0 Å². The number of hydrogen-bond donors (Lipinski definition) is 4. The van der Waals surface area contributed by atoms with Crippen molar-refractivity contribution in [2.45, 2.75) is 103 Å². The lowest BCUT2D eigenvalue weighted by molar-refractivity contribution is -0.130. The largest absolute Gasteiger partial charge is 0.493 e. The number of hydroxylamine groups is 2. The first kappa shape index (κ1) is 37.3. The van der Waals surface area contributed by atoms with E-state index in [2.05, 4.69) is 46.2 Å². The lowest BCUT2D eigenvalue weighted by atomic mass is 9.98. The van der Waals surface area contributed by atoms with Crippen molar-refractivity contribution in [3.8, 4) is 11.5 Å². The number of nitrogens with one attached hydrogen (secondary N) is 2. The van der Waals surface area contributed by atoms with Crippen LogP contribution in [0.25, 0.3) is 0 Å². The molecule has 256 valence electrons. The van der Waals surface area contributed by atoms with Crippen molar-refractivity contribution in [3.63, 3.8) is 0 Å². The number of fused-ring (bicyclic) bond motifs is 2. The van der Waals surface area contributed by atoms with Gasteiger partial charge in [-0.25, -0.2) is 11.0 Å². The number of hydrogen-bond acceptors (Lipinski definition) is 8. The van der Waals surface area contributed by atoms with Crippen LogP contribution >= 0.6 is 0 Å². The molecular formula is C36H56N4O6. The van der Waals surface area contributed by atoms with Crippen LogP contribution in [-0.4, -0.2) is 72.4 Å². The first-order valence-electron chi connectivity index (χ1n) is 17.1. The molecule has 0 aliphatic carbocycles. The summed E-state index contributed by atoms with van der Waals surface area (Å²) in [4.78, 5) is 26.8. The smallest absolute Gasteiger partial charge is 0.243 e. The Morgan fingerprint density at radius 2 is 1.07 bits per heavy atom. The fourth-order valence-corrected chi connectivity index (χ4v) is 6.29. The number of benzene rings is 2. The second-order valence-electron chi connectivity index (χ2n) is 12.4. The van der Waals surface area contributed by atoms with Crippen molar-refractivity contribution in [1.82, 2.24) is 20.8 Å². The zero-order valence-corrected chi connectivity index (χ0v) is 28.0. The predicted octanol–water partition coefficient (Wildman–Crippen LogP) is 5.80. The van der Waals surface area contributed by atoms with Crippen LogP contribution in [0.3, 0.4) is 0 Å². The maximum Gasteiger partial charge on any atom is 0.243 e. The molecule has 0 spiro atoms. The van der Waals surface area contributed by atoms with Gasteiger partial charge in [0, 0.05) is 39.0 Å². The molecule has 46 heavy (non-hydrogen) atoms. The number of nitrogens with zero attached hydrogens (tertiary/aromatic N) is 2. The van der Waals surface area contributed by atoms with Gasteiger partial charge in [0.1, 0.15) is 0 Å². The first-order valence-corrected chi connectivity index (χ1v) is 17.1. The van der Waals surface area contributed by atoms with E-state index in [4.69, 9.17) is 19.9 Å². The van der Waals surface area contributed by atoms with E-state index in [1.54, 1.807) is 25.2 Å². The number of rotatable bonds is 18. The number of carbonyl (C=O) groups excluding carboxylic acids is 2. The number of methoxy groups -OCH3 is 2. The maximum absolute atomic E-state index is 10.9. The van der Waals surface area contributed by atoms with Gasteiger partial charge in [-0.15, -0.1) is 0 Å². The minimum atomic E-state index is -0.293. The standard InChI is InChI=1S/C19H30N2O4.C17H26N2O2/c1-24-17-12-15-9-11-21(14-16(15)13-18(17)25-2)10-7-5-3-4-6-8-19(22)20-23;20-17(18-21)10-4-2-1-3-7-12-19-13-11-15-8-5-6-9-16(15)14-19/h12-13,23H,3-11,14H2,1-2H3,(H,20,22);5-6,8-9,21H,1-4,7,10-14H2,(H,18,20). The molecule has 2 aliphatic rings. The van der Waals surface area contributed by atoms with Crippen LogP contribution in [0.1, 0.15) is 99.3 Å². The average Bonchev–Trinajstić information content (AvgIpc) is 3.09. The number of ether oxygens (including phenoxy) is 2. The SMILES string of the molecule is COc1cc2c(cc1OC)CN(CCCCCCCC(=O)NO)CC2.O=C(CCCCCCCN1CCc2ccccc2C1)NO. The van der Waals surface area contributed by atoms with Gasteiger partial charge in [-0.3, -0.25) is 29.8 Å². The second kappa shape index (κ2) is 21.6. The van der Waals surface area contributed by atoms with Crippen molar-refractivity contribution in [3.05, 3.63) is 58.7 Å². The van der Waals surface area contributed by atoms with E-state index < -0.39 is 0 Å². The third-order valence-electron chi connectivity index (χ3n) is 9.01. The van der Waals surface area contributed by atoms with Crippen molar-refractivity contribution < 1.29 is 29.5 Å². The highest BCUT2D eigenvalue weighted by atomic mass is 16.5. The number of amides is 2. The van der Waals surface area contributed by atoms with Crippen molar-refractivity contribution in [2.24, 2.45) is 0 Å². The molecule has 2 aromatic rings. The molecule has 10 heteroatoms. The van der Waals surface area contributed by atoms with Crippen LogP contribution in [0.15, 0.2) is 36.4 Å². The summed E-state index contributed by atoms with van der Waals surface area (Å²) in [6.45, 7) is 6.59. The Bertz CT molecular complexity index is 1190. The van der Waals surface area contributed by atoms with Crippen LogP contribution < -0.4 is 20.4 Å². The fraction of sp³-hybridized carbons (Fsp3) is 0.611. The Morgan fingerprint density at radius 1 is 0.630 bits per heavy atom. The first-order chi connectivity index (χ1) is 22.5. The monoisotopic (exact) mass is 640 g/mol. The molecule has 0 radical (unpaired) electrons. The molecule has 2 aliphatic heterocycles. The Labute approximate surface area is 275 Å². The molecule has 0 atom stereocenters. The fourth-order valence-electron chi connectivity index (χ4n) is 6.29. The van der Waals surface area contributed by atoms with Gasteiger partial charge in [-0.2, -0.15) is 0 Å².